The number of pyridine rings is 1. The molecule has 0 aliphatic carbocycles. The molecular formula is C12H14BrN3O2. The first-order valence-corrected chi connectivity index (χ1v) is 6.32. The number of halogens is 1. The fourth-order valence-electron chi connectivity index (χ4n) is 1.64. The number of nitrogens with zero attached hydrogens (tertiary/aromatic N) is 3. The van der Waals surface area contributed by atoms with Crippen molar-refractivity contribution >= 4 is 15.9 Å². The Hall–Kier alpha value is -1.24. The van der Waals surface area contributed by atoms with Gasteiger partial charge in [0, 0.05) is 24.0 Å². The smallest absolute Gasteiger partial charge is 0.137 e. The van der Waals surface area contributed by atoms with Crippen LogP contribution >= 0.6 is 15.9 Å². The summed E-state index contributed by atoms with van der Waals surface area (Å²) in [6.07, 6.45) is 2.54. The molecule has 0 aliphatic heterocycles. The van der Waals surface area contributed by atoms with Gasteiger partial charge in [0.15, 0.2) is 0 Å². The van der Waals surface area contributed by atoms with Crippen LogP contribution in [0.3, 0.4) is 0 Å². The van der Waals surface area contributed by atoms with Crippen molar-refractivity contribution in [3.8, 4) is 0 Å². The molecule has 0 aliphatic rings. The Bertz CT molecular complexity index is 498. The molecule has 0 bridgehead atoms. The van der Waals surface area contributed by atoms with E-state index in [1.54, 1.807) is 36.3 Å². The second kappa shape index (κ2) is 6.08. The van der Waals surface area contributed by atoms with Crippen LogP contribution in [0.1, 0.15) is 17.5 Å². The van der Waals surface area contributed by atoms with E-state index in [0.29, 0.717) is 24.5 Å². The maximum Gasteiger partial charge on any atom is 0.137 e. The topological polar surface area (TPSA) is 60.2 Å². The molecule has 0 fully saturated rings. The van der Waals surface area contributed by atoms with E-state index in [-0.39, 0.29) is 0 Å². The second-order valence-electron chi connectivity index (χ2n) is 3.78. The first kappa shape index (κ1) is 13.2. The van der Waals surface area contributed by atoms with E-state index in [1.807, 2.05) is 6.07 Å². The molecule has 6 heteroatoms. The van der Waals surface area contributed by atoms with Gasteiger partial charge in [-0.1, -0.05) is 0 Å². The monoisotopic (exact) mass is 311 g/mol. The van der Waals surface area contributed by atoms with Crippen LogP contribution in [0.4, 0.5) is 0 Å². The van der Waals surface area contributed by atoms with Gasteiger partial charge in [-0.05, 0) is 34.1 Å². The standard InChI is InChI=1S/C12H14BrN3O2/c1-18-7-6-16-11(4-5-15-16)12(17)10-3-2-9(13)8-14-10/h2-5,8,12,17H,6-7H2,1H3. The fraction of sp³-hybridized carbons (Fsp3) is 0.333. The van der Waals surface area contributed by atoms with Crippen LogP contribution in [0.5, 0.6) is 0 Å². The Morgan fingerprint density at radius 1 is 1.44 bits per heavy atom. The van der Waals surface area contributed by atoms with Gasteiger partial charge in [-0.15, -0.1) is 0 Å². The summed E-state index contributed by atoms with van der Waals surface area (Å²) in [5.41, 5.74) is 1.30. The molecule has 0 radical (unpaired) electrons. The second-order valence-corrected chi connectivity index (χ2v) is 4.69. The lowest BCUT2D eigenvalue weighted by molar-refractivity contribution is 0.170. The van der Waals surface area contributed by atoms with Gasteiger partial charge in [-0.2, -0.15) is 5.10 Å². The minimum atomic E-state index is -0.780. The van der Waals surface area contributed by atoms with E-state index in [1.165, 1.54) is 0 Å². The van der Waals surface area contributed by atoms with Gasteiger partial charge >= 0.3 is 0 Å². The quantitative estimate of drug-likeness (QED) is 0.914. The molecule has 18 heavy (non-hydrogen) atoms. The predicted molar refractivity (Wildman–Crippen MR) is 70.1 cm³/mol. The molecule has 0 saturated carbocycles. The average Bonchev–Trinajstić information content (AvgIpc) is 2.84. The van der Waals surface area contributed by atoms with Crippen molar-refractivity contribution < 1.29 is 9.84 Å². The Kier molecular flexibility index (Phi) is 4.46. The molecular weight excluding hydrogens is 298 g/mol. The zero-order chi connectivity index (χ0) is 13.0. The molecule has 1 unspecified atom stereocenters. The highest BCUT2D eigenvalue weighted by Gasteiger charge is 2.16. The minimum absolute atomic E-state index is 0.551. The zero-order valence-corrected chi connectivity index (χ0v) is 11.5. The summed E-state index contributed by atoms with van der Waals surface area (Å²) in [6, 6.07) is 5.41. The fourth-order valence-corrected chi connectivity index (χ4v) is 1.87. The third kappa shape index (κ3) is 2.95. The number of aliphatic hydroxyl groups is 1. The van der Waals surface area contributed by atoms with Crippen molar-refractivity contribution in [1.82, 2.24) is 14.8 Å². The predicted octanol–water partition coefficient (Wildman–Crippen LogP) is 1.77. The third-order valence-electron chi connectivity index (χ3n) is 2.57. The number of methoxy groups -OCH3 is 1. The van der Waals surface area contributed by atoms with Crippen LogP contribution in [-0.2, 0) is 11.3 Å². The lowest BCUT2D eigenvalue weighted by Gasteiger charge is -2.12. The summed E-state index contributed by atoms with van der Waals surface area (Å²) < 4.78 is 7.61. The van der Waals surface area contributed by atoms with Crippen LogP contribution < -0.4 is 0 Å². The van der Waals surface area contributed by atoms with Gasteiger partial charge in [0.1, 0.15) is 6.10 Å². The highest BCUT2D eigenvalue weighted by Crippen LogP contribution is 2.21. The van der Waals surface area contributed by atoms with Crippen molar-refractivity contribution in [3.63, 3.8) is 0 Å². The van der Waals surface area contributed by atoms with E-state index < -0.39 is 6.10 Å². The summed E-state index contributed by atoms with van der Waals surface area (Å²) in [7, 11) is 1.63. The SMILES string of the molecule is COCCn1nccc1C(O)c1ccc(Br)cn1. The molecule has 96 valence electrons. The highest BCUT2D eigenvalue weighted by atomic mass is 79.9. The maximum absolute atomic E-state index is 10.3. The van der Waals surface area contributed by atoms with Crippen molar-refractivity contribution in [2.75, 3.05) is 13.7 Å². The first-order chi connectivity index (χ1) is 8.72. The Morgan fingerprint density at radius 2 is 2.28 bits per heavy atom. The molecule has 0 aromatic carbocycles. The summed E-state index contributed by atoms with van der Waals surface area (Å²) in [4.78, 5) is 4.19. The van der Waals surface area contributed by atoms with Crippen LogP contribution in [-0.4, -0.2) is 33.6 Å². The van der Waals surface area contributed by atoms with E-state index in [4.69, 9.17) is 4.74 Å². The largest absolute Gasteiger partial charge is 0.383 e. The maximum atomic E-state index is 10.3. The lowest BCUT2D eigenvalue weighted by atomic mass is 10.1. The molecule has 2 rings (SSSR count). The van der Waals surface area contributed by atoms with Crippen LogP contribution in [0.25, 0.3) is 0 Å². The summed E-state index contributed by atoms with van der Waals surface area (Å²) >= 11 is 3.31. The van der Waals surface area contributed by atoms with Gasteiger partial charge in [0.05, 0.1) is 24.5 Å². The number of aliphatic hydroxyl groups excluding tert-OH is 1. The lowest BCUT2D eigenvalue weighted by Crippen LogP contribution is -2.13. The molecule has 2 aromatic rings. The van der Waals surface area contributed by atoms with E-state index in [9.17, 15) is 5.11 Å². The van der Waals surface area contributed by atoms with Gasteiger partial charge in [0.2, 0.25) is 0 Å². The molecule has 0 spiro atoms. The molecule has 2 aromatic heterocycles. The van der Waals surface area contributed by atoms with Crippen molar-refractivity contribution in [3.05, 3.63) is 46.5 Å². The summed E-state index contributed by atoms with van der Waals surface area (Å²) in [5.74, 6) is 0. The minimum Gasteiger partial charge on any atom is -0.383 e. The van der Waals surface area contributed by atoms with Gasteiger partial charge in [-0.3, -0.25) is 9.67 Å². The molecule has 5 nitrogen and oxygen atoms in total. The van der Waals surface area contributed by atoms with Crippen molar-refractivity contribution in [2.24, 2.45) is 0 Å². The van der Waals surface area contributed by atoms with Crippen LogP contribution in [0.2, 0.25) is 0 Å². The molecule has 0 saturated heterocycles. The van der Waals surface area contributed by atoms with Gasteiger partial charge in [0.25, 0.3) is 0 Å². The molecule has 0 amide bonds. The zero-order valence-electron chi connectivity index (χ0n) is 9.95. The first-order valence-electron chi connectivity index (χ1n) is 5.52. The number of rotatable bonds is 5. The number of hydrogen-bond donors (Lipinski definition) is 1. The van der Waals surface area contributed by atoms with E-state index in [0.717, 1.165) is 4.47 Å². The van der Waals surface area contributed by atoms with Crippen LogP contribution in [0, 0.1) is 0 Å². The van der Waals surface area contributed by atoms with Gasteiger partial charge < -0.3 is 9.84 Å². The van der Waals surface area contributed by atoms with Crippen molar-refractivity contribution in [2.45, 2.75) is 12.6 Å². The normalized spacial score (nSPS) is 12.6. The molecule has 1 atom stereocenters. The molecule has 1 N–H and O–H groups in total. The third-order valence-corrected chi connectivity index (χ3v) is 3.04. The summed E-state index contributed by atoms with van der Waals surface area (Å²) in [5, 5.41) is 14.4. The highest BCUT2D eigenvalue weighted by molar-refractivity contribution is 9.10. The van der Waals surface area contributed by atoms with Crippen molar-refractivity contribution in [1.29, 1.82) is 0 Å². The number of ether oxygens (including phenoxy) is 1. The summed E-state index contributed by atoms with van der Waals surface area (Å²) in [6.45, 7) is 1.15. The van der Waals surface area contributed by atoms with E-state index >= 15 is 0 Å². The average molecular weight is 312 g/mol. The number of hydrogen-bond acceptors (Lipinski definition) is 4. The van der Waals surface area contributed by atoms with Crippen LogP contribution in [0.15, 0.2) is 35.1 Å². The van der Waals surface area contributed by atoms with E-state index in [2.05, 4.69) is 26.0 Å². The Balaban J connectivity index is 2.20. The Morgan fingerprint density at radius 3 is 2.94 bits per heavy atom. The molecule has 2 heterocycles. The van der Waals surface area contributed by atoms with Gasteiger partial charge in [-0.25, -0.2) is 0 Å². The Labute approximate surface area is 114 Å². The number of aromatic nitrogens is 3.